The number of hydrogen-bond donors (Lipinski definition) is 0. The third kappa shape index (κ3) is 7.06. The van der Waals surface area contributed by atoms with Gasteiger partial charge in [-0.25, -0.2) is 8.42 Å². The van der Waals surface area contributed by atoms with Gasteiger partial charge in [0, 0.05) is 32.2 Å². The van der Waals surface area contributed by atoms with Crippen molar-refractivity contribution in [1.82, 2.24) is 14.1 Å². The molecule has 2 aromatic carbocycles. The maximum absolute atomic E-state index is 13.7. The molecule has 1 saturated heterocycles. The normalized spacial score (nSPS) is 15.7. The number of halogens is 1. The quantitative estimate of drug-likeness (QED) is 0.448. The summed E-state index contributed by atoms with van der Waals surface area (Å²) >= 11 is 5.98. The van der Waals surface area contributed by atoms with E-state index in [1.165, 1.54) is 4.31 Å². The van der Waals surface area contributed by atoms with Crippen LogP contribution in [0.2, 0.25) is 0 Å². The van der Waals surface area contributed by atoms with Gasteiger partial charge in [0.25, 0.3) is 0 Å². The average Bonchev–Trinajstić information content (AvgIpc) is 2.87. The number of carbonyl (C=O) groups excluding carboxylic acids is 2. The standard InChI is InChI=1S/C26H34ClN3O4S/c1-3-16-29(35(33,34)24-12-8-5-9-13-24)20-25(31)30(19-22-10-6-4-7-11-22)23-14-17-28(18-15-23)26(32)21(2)27/h4-13,21,23H,3,14-20H2,1-2H3/t21-/m0/s1. The van der Waals surface area contributed by atoms with Gasteiger partial charge in [-0.05, 0) is 43.9 Å². The minimum atomic E-state index is -3.81. The molecule has 7 nitrogen and oxygen atoms in total. The molecule has 1 aliphatic rings. The summed E-state index contributed by atoms with van der Waals surface area (Å²) in [5.41, 5.74) is 0.974. The van der Waals surface area contributed by atoms with Crippen LogP contribution in [0.3, 0.4) is 0 Å². The van der Waals surface area contributed by atoms with E-state index in [1.54, 1.807) is 47.1 Å². The summed E-state index contributed by atoms with van der Waals surface area (Å²) in [5, 5.41) is -0.584. The summed E-state index contributed by atoms with van der Waals surface area (Å²) in [7, 11) is -3.81. The Morgan fingerprint density at radius 2 is 1.60 bits per heavy atom. The Hall–Kier alpha value is -2.42. The monoisotopic (exact) mass is 519 g/mol. The SMILES string of the molecule is CCCN(CC(=O)N(Cc1ccccc1)C1CCN(C(=O)[C@H](C)Cl)CC1)S(=O)(=O)c1ccccc1. The lowest BCUT2D eigenvalue weighted by atomic mass is 10.0. The van der Waals surface area contributed by atoms with Crippen molar-refractivity contribution in [2.75, 3.05) is 26.2 Å². The van der Waals surface area contributed by atoms with E-state index < -0.39 is 15.4 Å². The Kier molecular flexibility index (Phi) is 9.71. The molecule has 2 aromatic rings. The molecule has 1 heterocycles. The van der Waals surface area contributed by atoms with E-state index >= 15 is 0 Å². The van der Waals surface area contributed by atoms with Crippen molar-refractivity contribution in [3.8, 4) is 0 Å². The smallest absolute Gasteiger partial charge is 0.243 e. The van der Waals surface area contributed by atoms with Gasteiger partial charge in [-0.3, -0.25) is 9.59 Å². The van der Waals surface area contributed by atoms with E-state index in [2.05, 4.69) is 0 Å². The molecule has 0 N–H and O–H groups in total. The number of piperidine rings is 1. The van der Waals surface area contributed by atoms with Crippen molar-refractivity contribution in [3.05, 3.63) is 66.2 Å². The predicted octanol–water partition coefficient (Wildman–Crippen LogP) is 3.73. The number of likely N-dealkylation sites (tertiary alicyclic amines) is 1. The number of benzene rings is 2. The highest BCUT2D eigenvalue weighted by atomic mass is 35.5. The predicted molar refractivity (Wildman–Crippen MR) is 137 cm³/mol. The number of rotatable bonds is 10. The van der Waals surface area contributed by atoms with E-state index in [9.17, 15) is 18.0 Å². The lowest BCUT2D eigenvalue weighted by Gasteiger charge is -2.39. The molecule has 0 aromatic heterocycles. The molecule has 3 rings (SSSR count). The van der Waals surface area contributed by atoms with Crippen LogP contribution < -0.4 is 0 Å². The van der Waals surface area contributed by atoms with Gasteiger partial charge in [-0.1, -0.05) is 55.5 Å². The first-order chi connectivity index (χ1) is 16.7. The molecule has 190 valence electrons. The molecule has 9 heteroatoms. The number of carbonyl (C=O) groups is 2. The molecule has 0 unspecified atom stereocenters. The maximum atomic E-state index is 13.7. The van der Waals surface area contributed by atoms with Crippen molar-refractivity contribution in [1.29, 1.82) is 0 Å². The molecule has 1 fully saturated rings. The molecule has 1 aliphatic heterocycles. The largest absolute Gasteiger partial charge is 0.341 e. The van der Waals surface area contributed by atoms with Gasteiger partial charge >= 0.3 is 0 Å². The molecule has 0 aliphatic carbocycles. The van der Waals surface area contributed by atoms with Crippen LogP contribution in [0.1, 0.15) is 38.7 Å². The highest BCUT2D eigenvalue weighted by Gasteiger charge is 2.33. The summed E-state index contributed by atoms with van der Waals surface area (Å²) < 4.78 is 27.9. The number of alkyl halides is 1. The second-order valence-electron chi connectivity index (χ2n) is 8.83. The molecule has 0 bridgehead atoms. The highest BCUT2D eigenvalue weighted by molar-refractivity contribution is 7.89. The first-order valence-corrected chi connectivity index (χ1v) is 13.9. The summed E-state index contributed by atoms with van der Waals surface area (Å²) in [6.07, 6.45) is 1.83. The van der Waals surface area contributed by atoms with Crippen LogP contribution in [-0.4, -0.2) is 71.9 Å². The summed E-state index contributed by atoms with van der Waals surface area (Å²) in [4.78, 5) is 29.7. The van der Waals surface area contributed by atoms with Gasteiger partial charge < -0.3 is 9.80 Å². The van der Waals surface area contributed by atoms with E-state index in [4.69, 9.17) is 11.6 Å². The first-order valence-electron chi connectivity index (χ1n) is 12.1. The van der Waals surface area contributed by atoms with Crippen molar-refractivity contribution in [2.24, 2.45) is 0 Å². The highest BCUT2D eigenvalue weighted by Crippen LogP contribution is 2.22. The van der Waals surface area contributed by atoms with Gasteiger partial charge in [0.1, 0.15) is 5.38 Å². The topological polar surface area (TPSA) is 78.0 Å². The zero-order chi connectivity index (χ0) is 25.4. The number of amides is 2. The van der Waals surface area contributed by atoms with Crippen LogP contribution >= 0.6 is 11.6 Å². The average molecular weight is 520 g/mol. The van der Waals surface area contributed by atoms with Crippen LogP contribution in [0.25, 0.3) is 0 Å². The van der Waals surface area contributed by atoms with Gasteiger partial charge in [0.15, 0.2) is 0 Å². The fourth-order valence-electron chi connectivity index (χ4n) is 4.37. The number of sulfonamides is 1. The third-order valence-corrected chi connectivity index (χ3v) is 8.28. The first kappa shape index (κ1) is 27.2. The van der Waals surface area contributed by atoms with Gasteiger partial charge in [-0.2, -0.15) is 4.31 Å². The summed E-state index contributed by atoms with van der Waals surface area (Å²) in [6, 6.07) is 17.8. The van der Waals surface area contributed by atoms with Crippen molar-refractivity contribution >= 4 is 33.4 Å². The lowest BCUT2D eigenvalue weighted by Crippen LogP contribution is -2.52. The molecule has 1 atom stereocenters. The molecule has 0 spiro atoms. The summed E-state index contributed by atoms with van der Waals surface area (Å²) in [5.74, 6) is -0.341. The van der Waals surface area contributed by atoms with Crippen molar-refractivity contribution in [2.45, 2.75) is 56.0 Å². The fraction of sp³-hybridized carbons (Fsp3) is 0.462. The molecular weight excluding hydrogens is 486 g/mol. The number of nitrogens with zero attached hydrogens (tertiary/aromatic N) is 3. The maximum Gasteiger partial charge on any atom is 0.243 e. The van der Waals surface area contributed by atoms with E-state index in [1.807, 2.05) is 37.3 Å². The Labute approximate surface area is 213 Å². The van der Waals surface area contributed by atoms with E-state index in [0.29, 0.717) is 38.9 Å². The number of hydrogen-bond acceptors (Lipinski definition) is 4. The van der Waals surface area contributed by atoms with Crippen molar-refractivity contribution in [3.63, 3.8) is 0 Å². The van der Waals surface area contributed by atoms with Crippen LogP contribution in [0.5, 0.6) is 0 Å². The van der Waals surface area contributed by atoms with Crippen LogP contribution in [-0.2, 0) is 26.2 Å². The molecular formula is C26H34ClN3O4S. The Bertz CT molecular complexity index is 1070. The van der Waals surface area contributed by atoms with Gasteiger partial charge in [-0.15, -0.1) is 11.6 Å². The van der Waals surface area contributed by atoms with E-state index in [-0.39, 0.29) is 35.8 Å². The van der Waals surface area contributed by atoms with Gasteiger partial charge in [0.05, 0.1) is 11.4 Å². The molecule has 0 radical (unpaired) electrons. The zero-order valence-electron chi connectivity index (χ0n) is 20.3. The zero-order valence-corrected chi connectivity index (χ0v) is 21.9. The fourth-order valence-corrected chi connectivity index (χ4v) is 6.01. The van der Waals surface area contributed by atoms with Crippen LogP contribution in [0.4, 0.5) is 0 Å². The lowest BCUT2D eigenvalue weighted by molar-refractivity contribution is -0.137. The van der Waals surface area contributed by atoms with Crippen LogP contribution in [0.15, 0.2) is 65.6 Å². The Morgan fingerprint density at radius 1 is 1.03 bits per heavy atom. The Balaban J connectivity index is 1.81. The molecule has 2 amide bonds. The van der Waals surface area contributed by atoms with Crippen molar-refractivity contribution < 1.29 is 18.0 Å². The van der Waals surface area contributed by atoms with E-state index in [0.717, 1.165) is 5.56 Å². The third-order valence-electron chi connectivity index (χ3n) is 6.24. The second kappa shape index (κ2) is 12.5. The Morgan fingerprint density at radius 3 is 2.14 bits per heavy atom. The second-order valence-corrected chi connectivity index (χ2v) is 11.4. The molecule has 0 saturated carbocycles. The minimum Gasteiger partial charge on any atom is -0.341 e. The van der Waals surface area contributed by atoms with Crippen LogP contribution in [0, 0.1) is 0 Å². The molecule has 35 heavy (non-hydrogen) atoms. The van der Waals surface area contributed by atoms with Gasteiger partial charge in [0.2, 0.25) is 21.8 Å². The minimum absolute atomic E-state index is 0.0970. The summed E-state index contributed by atoms with van der Waals surface area (Å²) in [6.45, 7) is 5.00.